The van der Waals surface area contributed by atoms with Crippen LogP contribution in [0.2, 0.25) is 0 Å². The number of nitrogens with zero attached hydrogens (tertiary/aromatic N) is 3. The molecule has 0 saturated heterocycles. The standard InChI is InChI=1S/C12H10BrN3O2S/c13-9-5-10(16(17)18)12(14-6-9)15-3-1-11-8(7-15)2-4-19-11/h2,4-6H,1,3,7H2. The predicted molar refractivity (Wildman–Crippen MR) is 77.7 cm³/mol. The highest BCUT2D eigenvalue weighted by atomic mass is 79.9. The summed E-state index contributed by atoms with van der Waals surface area (Å²) < 4.78 is 0.621. The normalized spacial score (nSPS) is 14.3. The molecule has 0 unspecified atom stereocenters. The van der Waals surface area contributed by atoms with Crippen LogP contribution in [0.1, 0.15) is 10.4 Å². The van der Waals surface area contributed by atoms with E-state index in [-0.39, 0.29) is 10.6 Å². The number of rotatable bonds is 2. The lowest BCUT2D eigenvalue weighted by molar-refractivity contribution is -0.384. The Morgan fingerprint density at radius 3 is 3.16 bits per heavy atom. The Balaban J connectivity index is 1.98. The highest BCUT2D eigenvalue weighted by Gasteiger charge is 2.25. The fourth-order valence-electron chi connectivity index (χ4n) is 2.23. The summed E-state index contributed by atoms with van der Waals surface area (Å²) in [4.78, 5) is 18.3. The van der Waals surface area contributed by atoms with Crippen LogP contribution in [-0.4, -0.2) is 16.5 Å². The van der Waals surface area contributed by atoms with E-state index in [0.29, 0.717) is 16.8 Å². The molecule has 7 heteroatoms. The molecule has 3 rings (SSSR count). The lowest BCUT2D eigenvalue weighted by Gasteiger charge is -2.27. The number of fused-ring (bicyclic) bond motifs is 1. The molecule has 19 heavy (non-hydrogen) atoms. The highest BCUT2D eigenvalue weighted by molar-refractivity contribution is 9.10. The van der Waals surface area contributed by atoms with Gasteiger partial charge in [-0.15, -0.1) is 11.3 Å². The van der Waals surface area contributed by atoms with Crippen LogP contribution in [0.3, 0.4) is 0 Å². The van der Waals surface area contributed by atoms with Crippen LogP contribution >= 0.6 is 27.3 Å². The van der Waals surface area contributed by atoms with Gasteiger partial charge in [0.25, 0.3) is 0 Å². The van der Waals surface area contributed by atoms with Crippen molar-refractivity contribution in [3.05, 3.63) is 48.7 Å². The smallest absolute Gasteiger partial charge is 0.312 e. The predicted octanol–water partition coefficient (Wildman–Crippen LogP) is 3.38. The number of thiophene rings is 1. The summed E-state index contributed by atoms with van der Waals surface area (Å²) in [5.41, 5.74) is 1.29. The van der Waals surface area contributed by atoms with Gasteiger partial charge in [0.1, 0.15) is 0 Å². The van der Waals surface area contributed by atoms with E-state index in [0.717, 1.165) is 13.0 Å². The molecular weight excluding hydrogens is 330 g/mol. The Kier molecular flexibility index (Phi) is 3.24. The fraction of sp³-hybridized carbons (Fsp3) is 0.250. The molecule has 5 nitrogen and oxygen atoms in total. The van der Waals surface area contributed by atoms with Gasteiger partial charge in [-0.3, -0.25) is 10.1 Å². The Morgan fingerprint density at radius 2 is 2.37 bits per heavy atom. The van der Waals surface area contributed by atoms with Crippen LogP contribution in [0.15, 0.2) is 28.2 Å². The number of nitro groups is 1. The highest BCUT2D eigenvalue weighted by Crippen LogP contribution is 2.33. The Bertz CT molecular complexity index is 644. The van der Waals surface area contributed by atoms with Crippen molar-refractivity contribution in [2.24, 2.45) is 0 Å². The molecule has 0 aromatic carbocycles. The number of hydrogen-bond donors (Lipinski definition) is 0. The van der Waals surface area contributed by atoms with Gasteiger partial charge in [0, 0.05) is 34.7 Å². The first-order chi connectivity index (χ1) is 9.15. The first-order valence-electron chi connectivity index (χ1n) is 5.75. The van der Waals surface area contributed by atoms with E-state index in [9.17, 15) is 10.1 Å². The van der Waals surface area contributed by atoms with Crippen LogP contribution < -0.4 is 4.90 Å². The molecule has 0 aliphatic carbocycles. The summed E-state index contributed by atoms with van der Waals surface area (Å²) in [5.74, 6) is 0.449. The summed E-state index contributed by atoms with van der Waals surface area (Å²) in [6.07, 6.45) is 2.52. The first-order valence-corrected chi connectivity index (χ1v) is 7.42. The number of hydrogen-bond acceptors (Lipinski definition) is 5. The van der Waals surface area contributed by atoms with Crippen LogP contribution in [0, 0.1) is 10.1 Å². The molecule has 1 aliphatic rings. The largest absolute Gasteiger partial charge is 0.346 e. The third-order valence-electron chi connectivity index (χ3n) is 3.12. The van der Waals surface area contributed by atoms with Crippen molar-refractivity contribution >= 4 is 38.8 Å². The summed E-state index contributed by atoms with van der Waals surface area (Å²) in [6, 6.07) is 3.59. The molecule has 2 aromatic rings. The second-order valence-electron chi connectivity index (χ2n) is 4.29. The maximum absolute atomic E-state index is 11.1. The third kappa shape index (κ3) is 2.35. The van der Waals surface area contributed by atoms with Crippen LogP contribution in [-0.2, 0) is 13.0 Å². The summed E-state index contributed by atoms with van der Waals surface area (Å²) in [7, 11) is 0. The molecule has 3 heterocycles. The lowest BCUT2D eigenvalue weighted by atomic mass is 10.1. The van der Waals surface area contributed by atoms with Crippen LogP contribution in [0.5, 0.6) is 0 Å². The van der Waals surface area contributed by atoms with Gasteiger partial charge in [-0.05, 0) is 39.4 Å². The Morgan fingerprint density at radius 1 is 1.53 bits per heavy atom. The number of halogens is 1. The average molecular weight is 340 g/mol. The van der Waals surface area contributed by atoms with Gasteiger partial charge in [-0.25, -0.2) is 4.98 Å². The van der Waals surface area contributed by atoms with Crippen LogP contribution in [0.25, 0.3) is 0 Å². The number of anilines is 1. The fourth-order valence-corrected chi connectivity index (χ4v) is 3.44. The molecule has 0 bridgehead atoms. The molecule has 0 atom stereocenters. The van der Waals surface area contributed by atoms with Crippen molar-refractivity contribution in [2.75, 3.05) is 11.4 Å². The first kappa shape index (κ1) is 12.6. The van der Waals surface area contributed by atoms with Crippen molar-refractivity contribution in [3.8, 4) is 0 Å². The van der Waals surface area contributed by atoms with Crippen molar-refractivity contribution < 1.29 is 4.92 Å². The minimum Gasteiger partial charge on any atom is -0.346 e. The van der Waals surface area contributed by atoms with Crippen LogP contribution in [0.4, 0.5) is 11.5 Å². The van der Waals surface area contributed by atoms with Gasteiger partial charge < -0.3 is 4.90 Å². The number of pyridine rings is 1. The van der Waals surface area contributed by atoms with Gasteiger partial charge in [-0.2, -0.15) is 0 Å². The summed E-state index contributed by atoms with van der Waals surface area (Å²) in [5, 5.41) is 13.2. The molecule has 0 amide bonds. The van der Waals surface area contributed by atoms with E-state index in [1.165, 1.54) is 16.5 Å². The molecule has 98 valence electrons. The Labute approximate surface area is 122 Å². The second-order valence-corrected chi connectivity index (χ2v) is 6.21. The van der Waals surface area contributed by atoms with E-state index in [1.807, 2.05) is 4.90 Å². The maximum Gasteiger partial charge on any atom is 0.312 e. The number of aromatic nitrogens is 1. The zero-order valence-electron chi connectivity index (χ0n) is 9.88. The van der Waals surface area contributed by atoms with Gasteiger partial charge in [0.2, 0.25) is 5.82 Å². The van der Waals surface area contributed by atoms with Crippen molar-refractivity contribution in [1.82, 2.24) is 4.98 Å². The quantitative estimate of drug-likeness (QED) is 0.621. The molecular formula is C12H10BrN3O2S. The van der Waals surface area contributed by atoms with E-state index in [4.69, 9.17) is 0 Å². The molecule has 0 saturated carbocycles. The summed E-state index contributed by atoms with van der Waals surface area (Å²) in [6.45, 7) is 1.46. The lowest BCUT2D eigenvalue weighted by Crippen LogP contribution is -2.30. The van der Waals surface area contributed by atoms with E-state index >= 15 is 0 Å². The van der Waals surface area contributed by atoms with Gasteiger partial charge in [0.05, 0.1) is 4.92 Å². The zero-order valence-corrected chi connectivity index (χ0v) is 12.3. The van der Waals surface area contributed by atoms with E-state index < -0.39 is 0 Å². The average Bonchev–Trinajstić information content (AvgIpc) is 2.85. The molecule has 0 spiro atoms. The maximum atomic E-state index is 11.1. The summed E-state index contributed by atoms with van der Waals surface area (Å²) >= 11 is 4.97. The van der Waals surface area contributed by atoms with Crippen molar-refractivity contribution in [1.29, 1.82) is 0 Å². The molecule has 2 aromatic heterocycles. The van der Waals surface area contributed by atoms with E-state index in [2.05, 4.69) is 32.4 Å². The van der Waals surface area contributed by atoms with Gasteiger partial charge >= 0.3 is 5.69 Å². The minimum absolute atomic E-state index is 0.0491. The third-order valence-corrected chi connectivity index (χ3v) is 4.57. The Hall–Kier alpha value is -1.47. The molecule has 0 fully saturated rings. The topological polar surface area (TPSA) is 59.3 Å². The molecule has 0 radical (unpaired) electrons. The van der Waals surface area contributed by atoms with Crippen molar-refractivity contribution in [2.45, 2.75) is 13.0 Å². The second kappa shape index (κ2) is 4.90. The molecule has 0 N–H and O–H groups in total. The molecule has 1 aliphatic heterocycles. The monoisotopic (exact) mass is 339 g/mol. The minimum atomic E-state index is -0.379. The zero-order chi connectivity index (χ0) is 13.4. The van der Waals surface area contributed by atoms with Gasteiger partial charge in [0.15, 0.2) is 0 Å². The van der Waals surface area contributed by atoms with E-state index in [1.54, 1.807) is 17.5 Å². The SMILES string of the molecule is O=[N+]([O-])c1cc(Br)cnc1N1CCc2sccc2C1. The van der Waals surface area contributed by atoms with Gasteiger partial charge in [-0.1, -0.05) is 0 Å². The van der Waals surface area contributed by atoms with Crippen molar-refractivity contribution in [3.63, 3.8) is 0 Å².